The van der Waals surface area contributed by atoms with Gasteiger partial charge >= 0.3 is 0 Å². The number of aryl methyl sites for hydroxylation is 2. The summed E-state index contributed by atoms with van der Waals surface area (Å²) in [5.74, 6) is 0.855. The minimum Gasteiger partial charge on any atom is -0.489 e. The number of nitrogens with two attached hydrogens (primary N) is 1. The second-order valence-corrected chi connectivity index (χ2v) is 7.48. The van der Waals surface area contributed by atoms with Gasteiger partial charge in [0, 0.05) is 17.3 Å². The molecule has 122 valence electrons. The molecule has 0 amide bonds. The molecule has 1 aromatic heterocycles. The highest BCUT2D eigenvalue weighted by molar-refractivity contribution is 7.11. The standard InChI is InChI=1S/C19H24N2OS/c1-13(2)12-22-15-9-7-14(8-10-15)16(20)11-19-21-17-5-3-4-6-18(17)23-19/h7-10,16H,1,3-6,11-12,20H2,2H3. The Balaban J connectivity index is 1.62. The lowest BCUT2D eigenvalue weighted by molar-refractivity contribution is 0.352. The molecule has 0 aliphatic heterocycles. The van der Waals surface area contributed by atoms with E-state index in [9.17, 15) is 0 Å². The van der Waals surface area contributed by atoms with Crippen LogP contribution < -0.4 is 10.5 Å². The fourth-order valence-electron chi connectivity index (χ4n) is 2.82. The number of aromatic nitrogens is 1. The summed E-state index contributed by atoms with van der Waals surface area (Å²) in [5.41, 5.74) is 9.82. The largest absolute Gasteiger partial charge is 0.489 e. The first kappa shape index (κ1) is 16.2. The molecule has 3 rings (SSSR count). The Kier molecular flexibility index (Phi) is 5.13. The highest BCUT2D eigenvalue weighted by Gasteiger charge is 2.17. The number of thiazole rings is 1. The van der Waals surface area contributed by atoms with E-state index in [0.29, 0.717) is 6.61 Å². The lowest BCUT2D eigenvalue weighted by atomic mass is 10.0. The maximum Gasteiger partial charge on any atom is 0.119 e. The molecule has 1 aliphatic carbocycles. The summed E-state index contributed by atoms with van der Waals surface area (Å²) in [6.07, 6.45) is 5.71. The predicted molar refractivity (Wildman–Crippen MR) is 96.1 cm³/mol. The summed E-state index contributed by atoms with van der Waals surface area (Å²) >= 11 is 1.85. The number of rotatable bonds is 6. The number of ether oxygens (including phenoxy) is 1. The molecule has 0 fully saturated rings. The fourth-order valence-corrected chi connectivity index (χ4v) is 4.03. The van der Waals surface area contributed by atoms with Crippen LogP contribution in [0.5, 0.6) is 5.75 Å². The average molecular weight is 328 g/mol. The number of nitrogens with zero attached hydrogens (tertiary/aromatic N) is 1. The molecule has 0 bridgehead atoms. The zero-order valence-corrected chi connectivity index (χ0v) is 14.5. The first-order chi connectivity index (χ1) is 11.1. The summed E-state index contributed by atoms with van der Waals surface area (Å²) in [6.45, 7) is 6.35. The van der Waals surface area contributed by atoms with E-state index >= 15 is 0 Å². The molecule has 0 spiro atoms. The van der Waals surface area contributed by atoms with Gasteiger partial charge in [0.2, 0.25) is 0 Å². The van der Waals surface area contributed by atoms with E-state index in [1.807, 2.05) is 42.5 Å². The highest BCUT2D eigenvalue weighted by Crippen LogP contribution is 2.29. The number of hydrogen-bond acceptors (Lipinski definition) is 4. The second-order valence-electron chi connectivity index (χ2n) is 6.31. The molecule has 1 aromatic carbocycles. The van der Waals surface area contributed by atoms with Crippen LogP contribution in [0.15, 0.2) is 36.4 Å². The van der Waals surface area contributed by atoms with Crippen LogP contribution in [0.1, 0.15) is 46.9 Å². The van der Waals surface area contributed by atoms with Crippen molar-refractivity contribution in [2.45, 2.75) is 45.1 Å². The molecule has 1 unspecified atom stereocenters. The maximum atomic E-state index is 6.37. The number of benzene rings is 1. The van der Waals surface area contributed by atoms with Crippen LogP contribution in [0.3, 0.4) is 0 Å². The summed E-state index contributed by atoms with van der Waals surface area (Å²) in [6, 6.07) is 8.03. The monoisotopic (exact) mass is 328 g/mol. The Labute approximate surface area is 142 Å². The number of hydrogen-bond donors (Lipinski definition) is 1. The van der Waals surface area contributed by atoms with Crippen molar-refractivity contribution in [3.63, 3.8) is 0 Å². The maximum absolute atomic E-state index is 6.37. The molecule has 1 atom stereocenters. The summed E-state index contributed by atoms with van der Waals surface area (Å²) in [4.78, 5) is 6.26. The van der Waals surface area contributed by atoms with Crippen molar-refractivity contribution in [3.05, 3.63) is 57.6 Å². The Morgan fingerprint density at radius 3 is 2.74 bits per heavy atom. The zero-order valence-electron chi connectivity index (χ0n) is 13.7. The van der Waals surface area contributed by atoms with Gasteiger partial charge in [0.05, 0.1) is 10.7 Å². The van der Waals surface area contributed by atoms with Crippen LogP contribution in [-0.4, -0.2) is 11.6 Å². The fraction of sp³-hybridized carbons (Fsp3) is 0.421. The number of fused-ring (bicyclic) bond motifs is 1. The van der Waals surface area contributed by atoms with Gasteiger partial charge in [-0.2, -0.15) is 0 Å². The first-order valence-electron chi connectivity index (χ1n) is 8.22. The molecule has 23 heavy (non-hydrogen) atoms. The molecular weight excluding hydrogens is 304 g/mol. The van der Waals surface area contributed by atoms with Crippen LogP contribution in [0.2, 0.25) is 0 Å². The SMILES string of the molecule is C=C(C)COc1ccc(C(N)Cc2nc3c(s2)CCCC3)cc1. The van der Waals surface area contributed by atoms with Crippen LogP contribution in [0.4, 0.5) is 0 Å². The molecule has 4 heteroatoms. The van der Waals surface area contributed by atoms with Gasteiger partial charge in [0.25, 0.3) is 0 Å². The van der Waals surface area contributed by atoms with Crippen molar-refractivity contribution in [2.75, 3.05) is 6.61 Å². The van der Waals surface area contributed by atoms with E-state index in [-0.39, 0.29) is 6.04 Å². The van der Waals surface area contributed by atoms with Gasteiger partial charge in [-0.15, -0.1) is 11.3 Å². The van der Waals surface area contributed by atoms with Crippen molar-refractivity contribution in [1.29, 1.82) is 0 Å². The van der Waals surface area contributed by atoms with Crippen molar-refractivity contribution < 1.29 is 4.74 Å². The van der Waals surface area contributed by atoms with Crippen LogP contribution in [0, 0.1) is 0 Å². The smallest absolute Gasteiger partial charge is 0.119 e. The Hall–Kier alpha value is -1.65. The quantitative estimate of drug-likeness (QED) is 0.808. The van der Waals surface area contributed by atoms with Gasteiger partial charge < -0.3 is 10.5 Å². The zero-order chi connectivity index (χ0) is 16.2. The topological polar surface area (TPSA) is 48.1 Å². The Bertz CT molecular complexity index is 652. The van der Waals surface area contributed by atoms with Crippen molar-refractivity contribution in [2.24, 2.45) is 5.73 Å². The second kappa shape index (κ2) is 7.28. The Morgan fingerprint density at radius 1 is 1.30 bits per heavy atom. The third kappa shape index (κ3) is 4.21. The predicted octanol–water partition coefficient (Wildman–Crippen LogP) is 4.22. The minimum absolute atomic E-state index is 0.0159. The lowest BCUT2D eigenvalue weighted by Crippen LogP contribution is -2.13. The van der Waals surface area contributed by atoms with E-state index in [0.717, 1.165) is 29.7 Å². The van der Waals surface area contributed by atoms with Gasteiger partial charge in [-0.05, 0) is 55.9 Å². The summed E-state index contributed by atoms with van der Waals surface area (Å²) < 4.78 is 5.62. The average Bonchev–Trinajstić information content (AvgIpc) is 2.95. The van der Waals surface area contributed by atoms with Crippen molar-refractivity contribution in [3.8, 4) is 5.75 Å². The first-order valence-corrected chi connectivity index (χ1v) is 9.03. The molecule has 3 nitrogen and oxygen atoms in total. The molecule has 0 radical (unpaired) electrons. The van der Waals surface area contributed by atoms with Crippen LogP contribution in [0.25, 0.3) is 0 Å². The normalized spacial score (nSPS) is 15.0. The molecular formula is C19H24N2OS. The Morgan fingerprint density at radius 2 is 2.04 bits per heavy atom. The molecule has 1 heterocycles. The third-order valence-corrected chi connectivity index (χ3v) is 5.26. The molecule has 1 aliphatic rings. The molecule has 0 saturated carbocycles. The van der Waals surface area contributed by atoms with Gasteiger partial charge in [-0.1, -0.05) is 18.7 Å². The van der Waals surface area contributed by atoms with Gasteiger partial charge in [0.15, 0.2) is 0 Å². The van der Waals surface area contributed by atoms with Crippen LogP contribution in [-0.2, 0) is 19.3 Å². The highest BCUT2D eigenvalue weighted by atomic mass is 32.1. The van der Waals surface area contributed by atoms with E-state index in [1.54, 1.807) is 0 Å². The molecule has 2 aromatic rings. The van der Waals surface area contributed by atoms with E-state index in [4.69, 9.17) is 15.5 Å². The summed E-state index contributed by atoms with van der Waals surface area (Å²) in [7, 11) is 0. The molecule has 2 N–H and O–H groups in total. The van der Waals surface area contributed by atoms with Gasteiger partial charge in [-0.25, -0.2) is 4.98 Å². The summed E-state index contributed by atoms with van der Waals surface area (Å²) in [5, 5.41) is 1.17. The van der Waals surface area contributed by atoms with Gasteiger partial charge in [0.1, 0.15) is 12.4 Å². The van der Waals surface area contributed by atoms with E-state index in [2.05, 4.69) is 6.58 Å². The van der Waals surface area contributed by atoms with Crippen molar-refractivity contribution >= 4 is 11.3 Å². The van der Waals surface area contributed by atoms with Gasteiger partial charge in [-0.3, -0.25) is 0 Å². The third-order valence-electron chi connectivity index (χ3n) is 4.08. The van der Waals surface area contributed by atoms with E-state index < -0.39 is 0 Å². The minimum atomic E-state index is -0.0159. The van der Waals surface area contributed by atoms with Crippen molar-refractivity contribution in [1.82, 2.24) is 4.98 Å². The molecule has 0 saturated heterocycles. The van der Waals surface area contributed by atoms with Crippen LogP contribution >= 0.6 is 11.3 Å². The lowest BCUT2D eigenvalue weighted by Gasteiger charge is -2.12. The van der Waals surface area contributed by atoms with E-state index in [1.165, 1.54) is 34.8 Å².